The van der Waals surface area contributed by atoms with Crippen LogP contribution in [-0.4, -0.2) is 41.1 Å². The van der Waals surface area contributed by atoms with Crippen LogP contribution in [0.2, 0.25) is 5.02 Å². The molecule has 0 spiro atoms. The molecule has 0 aliphatic carbocycles. The molecule has 0 saturated carbocycles. The van der Waals surface area contributed by atoms with Gasteiger partial charge in [0.25, 0.3) is 0 Å². The summed E-state index contributed by atoms with van der Waals surface area (Å²) in [5.74, 6) is -0.850. The first-order chi connectivity index (χ1) is 22.9. The second-order valence-corrected chi connectivity index (χ2v) is 20.5. The minimum atomic E-state index is -6.12. The van der Waals surface area contributed by atoms with Gasteiger partial charge in [0.1, 0.15) is 0 Å². The minimum absolute atomic E-state index is 0.135. The monoisotopic (exact) mass is 763 g/mol. The van der Waals surface area contributed by atoms with Gasteiger partial charge in [0.2, 0.25) is 0 Å². The third kappa shape index (κ3) is 6.88. The summed E-state index contributed by atoms with van der Waals surface area (Å²) in [7, 11) is 0. The SMILES string of the molecule is O=C(Cc1sc(-c2ccccc2)nc1-c1ccc(Cl)cc1)[O][Sn]([C](=O)c1ccccc1)([C](=O)c1ccccc1)[C](=O)c1ccccc1. The zero-order valence-corrected chi connectivity index (χ0v) is 29.3. The Kier molecular flexibility index (Phi) is 9.87. The van der Waals surface area contributed by atoms with E-state index < -0.39 is 36.2 Å². The first-order valence-corrected chi connectivity index (χ1v) is 21.3. The molecule has 0 N–H and O–H groups in total. The Morgan fingerprint density at radius 3 is 1.45 bits per heavy atom. The first-order valence-electron chi connectivity index (χ1n) is 14.7. The van der Waals surface area contributed by atoms with Crippen LogP contribution in [0.1, 0.15) is 36.0 Å². The Hall–Kier alpha value is -4.70. The molecule has 5 aromatic carbocycles. The van der Waals surface area contributed by atoms with Crippen LogP contribution in [0.3, 0.4) is 0 Å². The Morgan fingerprint density at radius 2 is 1.00 bits per heavy atom. The molecule has 0 aliphatic rings. The van der Waals surface area contributed by atoms with Crippen molar-refractivity contribution < 1.29 is 22.3 Å². The van der Waals surface area contributed by atoms with E-state index >= 15 is 0 Å². The molecular weight excluding hydrogens is 737 g/mol. The number of rotatable bonds is 11. The van der Waals surface area contributed by atoms with Gasteiger partial charge in [-0.05, 0) is 0 Å². The number of thiazole rings is 1. The summed E-state index contributed by atoms with van der Waals surface area (Å²) in [6.07, 6.45) is -0.312. The Morgan fingerprint density at radius 1 is 0.574 bits per heavy atom. The van der Waals surface area contributed by atoms with Crippen molar-refractivity contribution in [2.45, 2.75) is 6.42 Å². The number of carbonyl (C=O) groups excluding carboxylic acids is 4. The maximum atomic E-state index is 14.5. The van der Waals surface area contributed by atoms with Gasteiger partial charge in [0, 0.05) is 0 Å². The predicted octanol–water partition coefficient (Wildman–Crippen LogP) is 8.43. The van der Waals surface area contributed by atoms with Crippen molar-refractivity contribution in [3.8, 4) is 21.8 Å². The predicted molar refractivity (Wildman–Crippen MR) is 186 cm³/mol. The molecule has 6 rings (SSSR count). The summed E-state index contributed by atoms with van der Waals surface area (Å²) in [5, 5.41) is 1.22. The molecule has 0 unspecified atom stereocenters. The number of benzene rings is 5. The van der Waals surface area contributed by atoms with Gasteiger partial charge in [-0.25, -0.2) is 0 Å². The second-order valence-electron chi connectivity index (χ2n) is 10.6. The Balaban J connectivity index is 1.47. The van der Waals surface area contributed by atoms with Crippen LogP contribution >= 0.6 is 22.9 Å². The van der Waals surface area contributed by atoms with Crippen LogP contribution in [0.25, 0.3) is 21.8 Å². The van der Waals surface area contributed by atoms with Gasteiger partial charge in [-0.1, -0.05) is 0 Å². The van der Waals surface area contributed by atoms with Crippen LogP contribution in [0, 0.1) is 0 Å². The van der Waals surface area contributed by atoms with Gasteiger partial charge in [-0.3, -0.25) is 0 Å². The number of halogens is 1. The zero-order valence-electron chi connectivity index (χ0n) is 24.8. The zero-order chi connectivity index (χ0) is 32.8. The van der Waals surface area contributed by atoms with E-state index in [1.807, 2.05) is 30.3 Å². The molecule has 0 saturated heterocycles. The van der Waals surface area contributed by atoms with E-state index in [-0.39, 0.29) is 23.1 Å². The van der Waals surface area contributed by atoms with Gasteiger partial charge in [-0.2, -0.15) is 0 Å². The van der Waals surface area contributed by atoms with E-state index in [0.717, 1.165) is 11.1 Å². The van der Waals surface area contributed by atoms with E-state index in [0.29, 0.717) is 20.6 Å². The van der Waals surface area contributed by atoms with Gasteiger partial charge in [0.15, 0.2) is 0 Å². The van der Waals surface area contributed by atoms with Crippen molar-refractivity contribution in [1.29, 1.82) is 0 Å². The van der Waals surface area contributed by atoms with Crippen LogP contribution in [-0.2, 0) is 14.3 Å². The van der Waals surface area contributed by atoms with Gasteiger partial charge in [-0.15, -0.1) is 0 Å². The van der Waals surface area contributed by atoms with Crippen LogP contribution in [0.5, 0.6) is 0 Å². The molecule has 6 nitrogen and oxygen atoms in total. The summed E-state index contributed by atoms with van der Waals surface area (Å²) in [6.45, 7) is 0. The third-order valence-electron chi connectivity index (χ3n) is 7.47. The molecule has 0 aliphatic heterocycles. The number of hydrogen-bond donors (Lipinski definition) is 0. The van der Waals surface area contributed by atoms with Gasteiger partial charge in [0.05, 0.1) is 0 Å². The van der Waals surface area contributed by atoms with E-state index in [9.17, 15) is 19.2 Å². The summed E-state index contributed by atoms with van der Waals surface area (Å²) in [5.41, 5.74) is 2.54. The van der Waals surface area contributed by atoms with E-state index in [2.05, 4.69) is 0 Å². The average molecular weight is 763 g/mol. The molecule has 1 aromatic heterocycles. The van der Waals surface area contributed by atoms with Gasteiger partial charge >= 0.3 is 287 Å². The molecular formula is C38H26ClNO5SSn. The quantitative estimate of drug-likeness (QED) is 0.123. The topological polar surface area (TPSA) is 90.4 Å². The molecule has 230 valence electrons. The van der Waals surface area contributed by atoms with Gasteiger partial charge < -0.3 is 0 Å². The molecule has 0 radical (unpaired) electrons. The summed E-state index contributed by atoms with van der Waals surface area (Å²) >= 11 is 1.35. The van der Waals surface area contributed by atoms with Crippen LogP contribution in [0.4, 0.5) is 0 Å². The van der Waals surface area contributed by atoms with Crippen LogP contribution in [0.15, 0.2) is 146 Å². The molecule has 1 heterocycles. The Labute approximate surface area is 285 Å². The fraction of sp³-hybridized carbons (Fsp3) is 0.0263. The number of carbonyl (C=O) groups is 4. The molecule has 0 atom stereocenters. The number of hydrogen-bond acceptors (Lipinski definition) is 7. The number of aromatic nitrogens is 1. The fourth-order valence-electron chi connectivity index (χ4n) is 5.17. The van der Waals surface area contributed by atoms with E-state index in [1.54, 1.807) is 78.9 Å². The van der Waals surface area contributed by atoms with Crippen molar-refractivity contribution in [2.24, 2.45) is 0 Å². The normalized spacial score (nSPS) is 11.1. The third-order valence-corrected chi connectivity index (χ3v) is 18.3. The van der Waals surface area contributed by atoms with Crippen molar-refractivity contribution in [2.75, 3.05) is 0 Å². The van der Waals surface area contributed by atoms with Crippen molar-refractivity contribution >= 4 is 59.1 Å². The van der Waals surface area contributed by atoms with Crippen molar-refractivity contribution in [1.82, 2.24) is 4.98 Å². The summed E-state index contributed by atoms with van der Waals surface area (Å²) < 4.78 is 4.00. The first kappa shape index (κ1) is 32.2. The molecule has 0 amide bonds. The molecule has 0 fully saturated rings. The Bertz CT molecular complexity index is 1930. The maximum absolute atomic E-state index is 14.5. The van der Waals surface area contributed by atoms with E-state index in [4.69, 9.17) is 19.7 Å². The molecule has 6 aromatic rings. The molecule has 9 heteroatoms. The molecule has 0 bridgehead atoms. The van der Waals surface area contributed by atoms with Crippen molar-refractivity contribution in [3.63, 3.8) is 0 Å². The fourth-order valence-corrected chi connectivity index (χ4v) is 15.0. The van der Waals surface area contributed by atoms with E-state index in [1.165, 1.54) is 47.7 Å². The van der Waals surface area contributed by atoms with Crippen LogP contribution < -0.4 is 0 Å². The summed E-state index contributed by atoms with van der Waals surface area (Å²) in [6, 6.07) is 40.9. The van der Waals surface area contributed by atoms with Crippen molar-refractivity contribution in [3.05, 3.63) is 172 Å². The number of nitrogens with zero attached hydrogens (tertiary/aromatic N) is 1. The molecule has 47 heavy (non-hydrogen) atoms. The summed E-state index contributed by atoms with van der Waals surface area (Å²) in [4.78, 5) is 63.2. The average Bonchev–Trinajstić information content (AvgIpc) is 3.55. The standard InChI is InChI=1S/C17H12ClNO2S.3C7H5O.Sn/c18-13-8-6-11(7-9-13)16-14(10-15(20)21)22-17(19-16)12-4-2-1-3-5-12;3*8-6-7-4-2-1-3-5-7;/h1-9H,10H2,(H,20,21);3*1-5H;/q;;;;+1/p-1. The second kappa shape index (κ2) is 14.4.